The zero-order valence-electron chi connectivity index (χ0n) is 15.4. The number of amides is 1. The highest BCUT2D eigenvalue weighted by atomic mass is 31.2. The van der Waals surface area contributed by atoms with Crippen LogP contribution in [0.4, 0.5) is 4.79 Å². The highest BCUT2D eigenvalue weighted by Gasteiger charge is 2.25. The molecule has 0 heterocycles. The normalized spacial score (nSPS) is 13.0. The van der Waals surface area contributed by atoms with Crippen molar-refractivity contribution >= 4 is 14.6 Å². The fourth-order valence-electron chi connectivity index (χ4n) is 2.46. The molecule has 0 aromatic carbocycles. The predicted octanol–water partition coefficient (Wildman–Crippen LogP) is 4.60. The summed E-state index contributed by atoms with van der Waals surface area (Å²) in [6, 6.07) is 0.806. The molecular formula is C16H35N2O4P. The number of hydrogen-bond donors (Lipinski definition) is 2. The lowest BCUT2D eigenvalue weighted by molar-refractivity contribution is 0.191. The van der Waals surface area contributed by atoms with Crippen LogP contribution in [0.1, 0.15) is 66.2 Å². The molecule has 0 bridgehead atoms. The standard InChI is InChI=1S/C16H35N2O4P/c1-14(2)18(15(3)4)23(21-5)22-13-11-9-7-6-8-10-12-17-16(19)20/h14-15,17H,6-13H2,1-5H3,(H,19,20). The van der Waals surface area contributed by atoms with E-state index in [1.165, 1.54) is 6.42 Å². The molecule has 1 amide bonds. The Kier molecular flexibility index (Phi) is 13.7. The number of carboxylic acid groups (broad SMARTS) is 1. The first-order valence-electron chi connectivity index (χ1n) is 8.62. The first kappa shape index (κ1) is 22.6. The molecule has 138 valence electrons. The summed E-state index contributed by atoms with van der Waals surface area (Å²) in [6.45, 7) is 9.94. The lowest BCUT2D eigenvalue weighted by Gasteiger charge is -2.34. The van der Waals surface area contributed by atoms with Gasteiger partial charge in [-0.25, -0.2) is 9.46 Å². The minimum atomic E-state index is -0.970. The van der Waals surface area contributed by atoms with Gasteiger partial charge in [-0.1, -0.05) is 25.7 Å². The summed E-state index contributed by atoms with van der Waals surface area (Å²) in [6.07, 6.45) is 5.54. The monoisotopic (exact) mass is 350 g/mol. The smallest absolute Gasteiger partial charge is 0.404 e. The summed E-state index contributed by atoms with van der Waals surface area (Å²) < 4.78 is 13.8. The zero-order valence-corrected chi connectivity index (χ0v) is 16.3. The van der Waals surface area contributed by atoms with Gasteiger partial charge in [-0.15, -0.1) is 0 Å². The summed E-state index contributed by atoms with van der Waals surface area (Å²) in [5, 5.41) is 10.8. The van der Waals surface area contributed by atoms with Crippen LogP contribution >= 0.6 is 8.53 Å². The molecule has 0 saturated carbocycles. The number of unbranched alkanes of at least 4 members (excludes halogenated alkanes) is 5. The number of carbonyl (C=O) groups is 1. The Hall–Kier alpha value is -0.420. The van der Waals surface area contributed by atoms with Crippen molar-refractivity contribution in [1.82, 2.24) is 9.99 Å². The molecule has 1 atom stereocenters. The van der Waals surface area contributed by atoms with Crippen molar-refractivity contribution in [3.63, 3.8) is 0 Å². The van der Waals surface area contributed by atoms with E-state index in [0.717, 1.165) is 38.7 Å². The Morgan fingerprint density at radius 2 is 1.57 bits per heavy atom. The molecule has 0 fully saturated rings. The topological polar surface area (TPSA) is 71.0 Å². The SMILES string of the molecule is COP(OCCCCCCCCNC(=O)O)N(C(C)C)C(C)C. The van der Waals surface area contributed by atoms with Crippen LogP contribution in [0, 0.1) is 0 Å². The summed E-state index contributed by atoms with van der Waals surface area (Å²) in [5.74, 6) is 0. The van der Waals surface area contributed by atoms with E-state index in [-0.39, 0.29) is 0 Å². The van der Waals surface area contributed by atoms with E-state index in [2.05, 4.69) is 37.7 Å². The average Bonchev–Trinajstić information content (AvgIpc) is 2.46. The number of hydrogen-bond acceptors (Lipinski definition) is 4. The van der Waals surface area contributed by atoms with Crippen molar-refractivity contribution in [1.29, 1.82) is 0 Å². The second kappa shape index (κ2) is 14.0. The highest BCUT2D eigenvalue weighted by Crippen LogP contribution is 2.45. The Morgan fingerprint density at radius 3 is 2.04 bits per heavy atom. The predicted molar refractivity (Wildman–Crippen MR) is 95.7 cm³/mol. The van der Waals surface area contributed by atoms with Crippen molar-refractivity contribution in [2.75, 3.05) is 20.3 Å². The van der Waals surface area contributed by atoms with Crippen molar-refractivity contribution in [3.8, 4) is 0 Å². The van der Waals surface area contributed by atoms with E-state index in [1.54, 1.807) is 7.11 Å². The Bertz CT molecular complexity index is 296. The van der Waals surface area contributed by atoms with Gasteiger partial charge in [0.15, 0.2) is 0 Å². The third-order valence-electron chi connectivity index (χ3n) is 3.45. The molecule has 0 spiro atoms. The molecule has 0 aliphatic rings. The largest absolute Gasteiger partial charge is 0.465 e. The van der Waals surface area contributed by atoms with Crippen LogP contribution < -0.4 is 5.32 Å². The van der Waals surface area contributed by atoms with E-state index in [4.69, 9.17) is 14.2 Å². The maximum Gasteiger partial charge on any atom is 0.404 e. The molecule has 0 aromatic heterocycles. The third kappa shape index (κ3) is 11.7. The first-order chi connectivity index (χ1) is 10.9. The molecule has 0 saturated heterocycles. The van der Waals surface area contributed by atoms with Gasteiger partial charge in [0.2, 0.25) is 0 Å². The molecule has 6 nitrogen and oxygen atoms in total. The quantitative estimate of drug-likeness (QED) is 0.354. The van der Waals surface area contributed by atoms with Gasteiger partial charge < -0.3 is 19.5 Å². The lowest BCUT2D eigenvalue weighted by Crippen LogP contribution is -2.33. The van der Waals surface area contributed by atoms with E-state index in [9.17, 15) is 4.79 Å². The van der Waals surface area contributed by atoms with Gasteiger partial charge in [0.25, 0.3) is 8.53 Å². The molecule has 0 aromatic rings. The Balaban J connectivity index is 3.67. The molecule has 0 radical (unpaired) electrons. The van der Waals surface area contributed by atoms with Crippen molar-refractivity contribution in [2.24, 2.45) is 0 Å². The van der Waals surface area contributed by atoms with Crippen LogP contribution in [0.3, 0.4) is 0 Å². The minimum absolute atomic E-state index is 0.403. The third-order valence-corrected chi connectivity index (χ3v) is 5.47. The number of rotatable bonds is 14. The molecule has 7 heteroatoms. The Labute approximate surface area is 142 Å². The lowest BCUT2D eigenvalue weighted by atomic mass is 10.1. The van der Waals surface area contributed by atoms with Crippen LogP contribution in [0.2, 0.25) is 0 Å². The summed E-state index contributed by atoms with van der Waals surface area (Å²) in [4.78, 5) is 10.3. The van der Waals surface area contributed by atoms with Crippen LogP contribution in [0.5, 0.6) is 0 Å². The number of nitrogens with one attached hydrogen (secondary N) is 1. The molecule has 23 heavy (non-hydrogen) atoms. The molecule has 0 rings (SSSR count). The van der Waals surface area contributed by atoms with E-state index < -0.39 is 14.6 Å². The van der Waals surface area contributed by atoms with E-state index in [1.807, 2.05) is 0 Å². The molecule has 0 aliphatic carbocycles. The van der Waals surface area contributed by atoms with Crippen LogP contribution in [-0.4, -0.2) is 48.2 Å². The average molecular weight is 350 g/mol. The first-order valence-corrected chi connectivity index (χ1v) is 9.75. The van der Waals surface area contributed by atoms with Crippen LogP contribution in [-0.2, 0) is 9.05 Å². The second-order valence-corrected chi connectivity index (χ2v) is 7.74. The van der Waals surface area contributed by atoms with Crippen molar-refractivity contribution in [2.45, 2.75) is 78.3 Å². The van der Waals surface area contributed by atoms with Crippen LogP contribution in [0.25, 0.3) is 0 Å². The summed E-state index contributed by atoms with van der Waals surface area (Å²) >= 11 is 0. The van der Waals surface area contributed by atoms with E-state index >= 15 is 0 Å². The maximum absolute atomic E-state index is 10.3. The molecule has 2 N–H and O–H groups in total. The van der Waals surface area contributed by atoms with Crippen LogP contribution in [0.15, 0.2) is 0 Å². The van der Waals surface area contributed by atoms with Gasteiger partial charge >= 0.3 is 6.09 Å². The summed E-state index contributed by atoms with van der Waals surface area (Å²) in [7, 11) is 0.747. The fourth-order valence-corrected chi connectivity index (χ4v) is 3.93. The molecule has 1 unspecified atom stereocenters. The van der Waals surface area contributed by atoms with Gasteiger partial charge in [0.05, 0.1) is 6.61 Å². The Morgan fingerprint density at radius 1 is 1.04 bits per heavy atom. The van der Waals surface area contributed by atoms with E-state index in [0.29, 0.717) is 18.6 Å². The van der Waals surface area contributed by atoms with Gasteiger partial charge in [0, 0.05) is 25.7 Å². The minimum Gasteiger partial charge on any atom is -0.465 e. The van der Waals surface area contributed by atoms with Crippen molar-refractivity contribution in [3.05, 3.63) is 0 Å². The molecule has 0 aliphatic heterocycles. The fraction of sp³-hybridized carbons (Fsp3) is 0.938. The number of nitrogens with zero attached hydrogens (tertiary/aromatic N) is 1. The second-order valence-electron chi connectivity index (χ2n) is 6.17. The molecular weight excluding hydrogens is 315 g/mol. The van der Waals surface area contributed by atoms with Crippen molar-refractivity contribution < 1.29 is 18.9 Å². The summed E-state index contributed by atoms with van der Waals surface area (Å²) in [5.41, 5.74) is 0. The van der Waals surface area contributed by atoms with Gasteiger partial charge in [-0.05, 0) is 40.5 Å². The highest BCUT2D eigenvalue weighted by molar-refractivity contribution is 7.44. The maximum atomic E-state index is 10.3. The van der Waals surface area contributed by atoms with Gasteiger partial charge in [0.1, 0.15) is 0 Å². The van der Waals surface area contributed by atoms with Gasteiger partial charge in [-0.2, -0.15) is 0 Å². The van der Waals surface area contributed by atoms with Gasteiger partial charge in [-0.3, -0.25) is 0 Å². The zero-order chi connectivity index (χ0) is 17.7.